The van der Waals surface area contributed by atoms with Crippen molar-refractivity contribution in [2.75, 3.05) is 6.54 Å². The maximum atomic E-state index is 6.19. The van der Waals surface area contributed by atoms with Gasteiger partial charge in [0.25, 0.3) is 0 Å². The second kappa shape index (κ2) is 6.58. The van der Waals surface area contributed by atoms with Gasteiger partial charge < -0.3 is 5.73 Å². The molecule has 2 aromatic rings. The van der Waals surface area contributed by atoms with Gasteiger partial charge in [-0.05, 0) is 42.5 Å². The summed E-state index contributed by atoms with van der Waals surface area (Å²) in [6.45, 7) is 0.681. The van der Waals surface area contributed by atoms with E-state index in [1.807, 2.05) is 24.3 Å². The standard InChI is InChI=1S/C16H18ClN/c17-16-9-5-4-8-15(16)11-14(12-18)10-13-6-2-1-3-7-13/h1-9,14H,10-12,18H2. The van der Waals surface area contributed by atoms with Crippen LogP contribution in [0.3, 0.4) is 0 Å². The summed E-state index contributed by atoms with van der Waals surface area (Å²) in [5.41, 5.74) is 8.39. The first-order valence-corrected chi connectivity index (χ1v) is 6.65. The van der Waals surface area contributed by atoms with Crippen LogP contribution >= 0.6 is 11.6 Å². The molecule has 94 valence electrons. The number of benzene rings is 2. The summed E-state index contributed by atoms with van der Waals surface area (Å²) in [6, 6.07) is 18.5. The highest BCUT2D eigenvalue weighted by Gasteiger charge is 2.10. The summed E-state index contributed by atoms with van der Waals surface area (Å²) in [6.07, 6.45) is 1.94. The van der Waals surface area contributed by atoms with Crippen LogP contribution in [0.25, 0.3) is 0 Å². The maximum absolute atomic E-state index is 6.19. The minimum atomic E-state index is 0.437. The van der Waals surface area contributed by atoms with E-state index in [1.54, 1.807) is 0 Å². The van der Waals surface area contributed by atoms with Gasteiger partial charge in [-0.3, -0.25) is 0 Å². The van der Waals surface area contributed by atoms with Gasteiger partial charge in [-0.1, -0.05) is 60.1 Å². The Kier molecular flexibility index (Phi) is 4.80. The Morgan fingerprint density at radius 2 is 1.56 bits per heavy atom. The Balaban J connectivity index is 2.04. The van der Waals surface area contributed by atoms with Crippen molar-refractivity contribution in [1.82, 2.24) is 0 Å². The Morgan fingerprint density at radius 3 is 2.22 bits per heavy atom. The lowest BCUT2D eigenvalue weighted by Crippen LogP contribution is -2.19. The van der Waals surface area contributed by atoms with Gasteiger partial charge in [0.15, 0.2) is 0 Å². The highest BCUT2D eigenvalue weighted by molar-refractivity contribution is 6.31. The molecule has 1 nitrogen and oxygen atoms in total. The number of nitrogens with two attached hydrogens (primary N) is 1. The van der Waals surface area contributed by atoms with E-state index in [9.17, 15) is 0 Å². The van der Waals surface area contributed by atoms with Crippen molar-refractivity contribution in [1.29, 1.82) is 0 Å². The summed E-state index contributed by atoms with van der Waals surface area (Å²) >= 11 is 6.19. The predicted octanol–water partition coefficient (Wildman–Crippen LogP) is 3.70. The van der Waals surface area contributed by atoms with E-state index in [0.717, 1.165) is 17.9 Å². The number of halogens is 1. The van der Waals surface area contributed by atoms with Gasteiger partial charge in [-0.2, -0.15) is 0 Å². The second-order valence-electron chi connectivity index (χ2n) is 4.59. The molecule has 0 radical (unpaired) electrons. The Hall–Kier alpha value is -1.31. The van der Waals surface area contributed by atoms with Gasteiger partial charge in [-0.25, -0.2) is 0 Å². The fraction of sp³-hybridized carbons (Fsp3) is 0.250. The van der Waals surface area contributed by atoms with Crippen molar-refractivity contribution < 1.29 is 0 Å². The Bertz CT molecular complexity index is 481. The molecule has 18 heavy (non-hydrogen) atoms. The van der Waals surface area contributed by atoms with E-state index in [0.29, 0.717) is 12.5 Å². The molecule has 1 unspecified atom stereocenters. The van der Waals surface area contributed by atoms with Crippen molar-refractivity contribution in [3.63, 3.8) is 0 Å². The molecular formula is C16H18ClN. The molecule has 0 saturated heterocycles. The van der Waals surface area contributed by atoms with Gasteiger partial charge in [0, 0.05) is 5.02 Å². The van der Waals surface area contributed by atoms with Crippen LogP contribution in [0.5, 0.6) is 0 Å². The first kappa shape index (κ1) is 13.1. The van der Waals surface area contributed by atoms with Gasteiger partial charge in [0.1, 0.15) is 0 Å². The van der Waals surface area contributed by atoms with Gasteiger partial charge in [0.2, 0.25) is 0 Å². The third-order valence-corrected chi connectivity index (χ3v) is 3.54. The van der Waals surface area contributed by atoms with Crippen LogP contribution in [0.1, 0.15) is 11.1 Å². The molecule has 0 amide bonds. The fourth-order valence-corrected chi connectivity index (χ4v) is 2.37. The monoisotopic (exact) mass is 259 g/mol. The largest absolute Gasteiger partial charge is 0.330 e. The van der Waals surface area contributed by atoms with Crippen molar-refractivity contribution >= 4 is 11.6 Å². The van der Waals surface area contributed by atoms with Crippen LogP contribution in [-0.2, 0) is 12.8 Å². The quantitative estimate of drug-likeness (QED) is 0.871. The van der Waals surface area contributed by atoms with E-state index < -0.39 is 0 Å². The van der Waals surface area contributed by atoms with Gasteiger partial charge in [-0.15, -0.1) is 0 Å². The van der Waals surface area contributed by atoms with E-state index in [-0.39, 0.29) is 0 Å². The molecule has 1 atom stereocenters. The van der Waals surface area contributed by atoms with Crippen LogP contribution < -0.4 is 5.73 Å². The summed E-state index contributed by atoms with van der Waals surface area (Å²) in [7, 11) is 0. The van der Waals surface area contributed by atoms with Crippen LogP contribution in [0, 0.1) is 5.92 Å². The minimum absolute atomic E-state index is 0.437. The van der Waals surface area contributed by atoms with E-state index >= 15 is 0 Å². The normalized spacial score (nSPS) is 12.3. The number of hydrogen-bond donors (Lipinski definition) is 1. The van der Waals surface area contributed by atoms with Crippen LogP contribution in [0.4, 0.5) is 0 Å². The molecule has 2 rings (SSSR count). The zero-order valence-corrected chi connectivity index (χ0v) is 11.1. The molecular weight excluding hydrogens is 242 g/mol. The van der Waals surface area contributed by atoms with Crippen LogP contribution in [0.2, 0.25) is 5.02 Å². The first-order chi connectivity index (χ1) is 8.79. The smallest absolute Gasteiger partial charge is 0.0438 e. The average Bonchev–Trinajstić information content (AvgIpc) is 2.41. The first-order valence-electron chi connectivity index (χ1n) is 6.27. The number of rotatable bonds is 5. The fourth-order valence-electron chi connectivity index (χ4n) is 2.16. The minimum Gasteiger partial charge on any atom is -0.330 e. The topological polar surface area (TPSA) is 26.0 Å². The lowest BCUT2D eigenvalue weighted by atomic mass is 9.93. The van der Waals surface area contributed by atoms with Crippen molar-refractivity contribution in [3.05, 3.63) is 70.7 Å². The zero-order valence-electron chi connectivity index (χ0n) is 10.4. The van der Waals surface area contributed by atoms with Gasteiger partial charge >= 0.3 is 0 Å². The van der Waals surface area contributed by atoms with Gasteiger partial charge in [0.05, 0.1) is 0 Å². The Morgan fingerprint density at radius 1 is 0.889 bits per heavy atom. The van der Waals surface area contributed by atoms with Crippen molar-refractivity contribution in [2.24, 2.45) is 11.7 Å². The molecule has 0 aromatic heterocycles. The molecule has 0 spiro atoms. The molecule has 2 heteroatoms. The molecule has 2 aromatic carbocycles. The summed E-state index contributed by atoms with van der Waals surface area (Å²) in [5.74, 6) is 0.437. The average molecular weight is 260 g/mol. The highest BCUT2D eigenvalue weighted by atomic mass is 35.5. The molecule has 0 aliphatic carbocycles. The Labute approximate surface area is 114 Å². The van der Waals surface area contributed by atoms with E-state index in [2.05, 4.69) is 30.3 Å². The molecule has 0 saturated carbocycles. The highest BCUT2D eigenvalue weighted by Crippen LogP contribution is 2.20. The summed E-state index contributed by atoms with van der Waals surface area (Å²) < 4.78 is 0. The molecule has 0 bridgehead atoms. The third-order valence-electron chi connectivity index (χ3n) is 3.17. The molecule has 0 fully saturated rings. The second-order valence-corrected chi connectivity index (χ2v) is 4.99. The van der Waals surface area contributed by atoms with E-state index in [4.69, 9.17) is 17.3 Å². The molecule has 0 aliphatic rings. The van der Waals surface area contributed by atoms with Crippen molar-refractivity contribution in [2.45, 2.75) is 12.8 Å². The lowest BCUT2D eigenvalue weighted by Gasteiger charge is -2.15. The van der Waals surface area contributed by atoms with Crippen molar-refractivity contribution in [3.8, 4) is 0 Å². The van der Waals surface area contributed by atoms with E-state index in [1.165, 1.54) is 11.1 Å². The lowest BCUT2D eigenvalue weighted by molar-refractivity contribution is 0.533. The van der Waals surface area contributed by atoms with Crippen LogP contribution in [-0.4, -0.2) is 6.54 Å². The predicted molar refractivity (Wildman–Crippen MR) is 77.8 cm³/mol. The van der Waals surface area contributed by atoms with Crippen LogP contribution in [0.15, 0.2) is 54.6 Å². The summed E-state index contributed by atoms with van der Waals surface area (Å²) in [4.78, 5) is 0. The maximum Gasteiger partial charge on any atom is 0.0438 e. The molecule has 0 aliphatic heterocycles. The third kappa shape index (κ3) is 3.59. The molecule has 2 N–H and O–H groups in total. The molecule has 0 heterocycles. The SMILES string of the molecule is NCC(Cc1ccccc1)Cc1ccccc1Cl. The zero-order chi connectivity index (χ0) is 12.8. The summed E-state index contributed by atoms with van der Waals surface area (Å²) in [5, 5.41) is 0.837. The number of hydrogen-bond acceptors (Lipinski definition) is 1.